The van der Waals surface area contributed by atoms with Crippen LogP contribution < -0.4 is 4.74 Å². The Morgan fingerprint density at radius 3 is 3.00 bits per heavy atom. The van der Waals surface area contributed by atoms with Gasteiger partial charge in [-0.3, -0.25) is 4.79 Å². The van der Waals surface area contributed by atoms with E-state index in [0.717, 1.165) is 36.0 Å². The van der Waals surface area contributed by atoms with Crippen molar-refractivity contribution < 1.29 is 9.53 Å². The van der Waals surface area contributed by atoms with Gasteiger partial charge in [-0.15, -0.1) is 0 Å². The third-order valence-electron chi connectivity index (χ3n) is 3.18. The topological polar surface area (TPSA) is 58.2 Å². The molecule has 19 heavy (non-hydrogen) atoms. The van der Waals surface area contributed by atoms with Crippen molar-refractivity contribution in [3.63, 3.8) is 0 Å². The van der Waals surface area contributed by atoms with Crippen molar-refractivity contribution in [2.24, 2.45) is 0 Å². The molecule has 102 valence electrons. The number of carbonyl (C=O) groups is 1. The van der Waals surface area contributed by atoms with Crippen molar-refractivity contribution in [3.8, 4) is 5.88 Å². The molecule has 1 N–H and O–H groups in total. The first kappa shape index (κ1) is 13.5. The number of carbonyl (C=O) groups excluding carboxylic acids is 1. The zero-order valence-corrected chi connectivity index (χ0v) is 11.6. The van der Waals surface area contributed by atoms with E-state index in [1.54, 1.807) is 6.20 Å². The van der Waals surface area contributed by atoms with Gasteiger partial charge in [-0.1, -0.05) is 6.92 Å². The van der Waals surface area contributed by atoms with Gasteiger partial charge in [-0.25, -0.2) is 4.98 Å². The lowest BCUT2D eigenvalue weighted by Crippen LogP contribution is -2.20. The maximum atomic E-state index is 11.1. The number of hydrogen-bond donors (Lipinski definition) is 1. The van der Waals surface area contributed by atoms with Crippen LogP contribution >= 0.6 is 0 Å². The average Bonchev–Trinajstić information content (AvgIpc) is 2.79. The van der Waals surface area contributed by atoms with Crippen LogP contribution in [0.3, 0.4) is 0 Å². The van der Waals surface area contributed by atoms with Crippen LogP contribution in [0, 0.1) is 0 Å². The van der Waals surface area contributed by atoms with E-state index in [0.29, 0.717) is 5.88 Å². The minimum atomic E-state index is -0.349. The van der Waals surface area contributed by atoms with Gasteiger partial charge < -0.3 is 14.6 Å². The molecule has 2 rings (SSSR count). The van der Waals surface area contributed by atoms with E-state index in [9.17, 15) is 4.79 Å². The van der Waals surface area contributed by atoms with Crippen LogP contribution in [0.4, 0.5) is 0 Å². The van der Waals surface area contributed by atoms with E-state index < -0.39 is 0 Å². The molecule has 5 nitrogen and oxygen atoms in total. The summed E-state index contributed by atoms with van der Waals surface area (Å²) in [6.45, 7) is 5.48. The Bertz CT molecular complexity index is 577. The summed E-state index contributed by atoms with van der Waals surface area (Å²) < 4.78 is 5.18. The summed E-state index contributed by atoms with van der Waals surface area (Å²) in [5.74, 6) is 0.0400. The van der Waals surface area contributed by atoms with Crippen molar-refractivity contribution >= 4 is 16.9 Å². The van der Waals surface area contributed by atoms with Gasteiger partial charge in [0, 0.05) is 25.9 Å². The Morgan fingerprint density at radius 1 is 1.53 bits per heavy atom. The molecule has 5 heteroatoms. The molecule has 0 fully saturated rings. The van der Waals surface area contributed by atoms with Crippen molar-refractivity contribution in [2.75, 3.05) is 20.1 Å². The molecule has 0 aliphatic rings. The third-order valence-corrected chi connectivity index (χ3v) is 3.18. The fourth-order valence-corrected chi connectivity index (χ4v) is 1.99. The Labute approximate surface area is 112 Å². The quantitative estimate of drug-likeness (QED) is 0.836. The standard InChI is InChI=1S/C14H19N3O2/c1-4-17(3)8-6-11-9-16-12-5-7-15-14(13(11)12)19-10(2)18/h5,7,9,16H,4,6,8H2,1-3H3. The van der Waals surface area contributed by atoms with Gasteiger partial charge >= 0.3 is 5.97 Å². The van der Waals surface area contributed by atoms with Crippen LogP contribution in [-0.4, -0.2) is 41.0 Å². The summed E-state index contributed by atoms with van der Waals surface area (Å²) in [6.07, 6.45) is 4.49. The SMILES string of the molecule is CCN(C)CCc1c[nH]c2ccnc(OC(C)=O)c12. The first-order valence-corrected chi connectivity index (χ1v) is 6.43. The highest BCUT2D eigenvalue weighted by Crippen LogP contribution is 2.27. The minimum absolute atomic E-state index is 0.349. The average molecular weight is 261 g/mol. The molecule has 0 unspecified atom stereocenters. The lowest BCUT2D eigenvalue weighted by molar-refractivity contribution is -0.132. The summed E-state index contributed by atoms with van der Waals surface area (Å²) in [5.41, 5.74) is 2.07. The second kappa shape index (κ2) is 5.84. The number of H-pyrrole nitrogens is 1. The van der Waals surface area contributed by atoms with Crippen molar-refractivity contribution in [1.29, 1.82) is 0 Å². The zero-order valence-electron chi connectivity index (χ0n) is 11.6. The van der Waals surface area contributed by atoms with Gasteiger partial charge in [0.25, 0.3) is 0 Å². The lowest BCUT2D eigenvalue weighted by Gasteiger charge is -2.13. The fourth-order valence-electron chi connectivity index (χ4n) is 1.99. The first-order valence-electron chi connectivity index (χ1n) is 6.43. The number of rotatable bonds is 5. The number of aromatic nitrogens is 2. The van der Waals surface area contributed by atoms with Crippen molar-refractivity contribution in [1.82, 2.24) is 14.9 Å². The summed E-state index contributed by atoms with van der Waals surface area (Å²) in [7, 11) is 2.08. The number of nitrogens with one attached hydrogen (secondary N) is 1. The molecule has 0 radical (unpaired) electrons. The number of aromatic amines is 1. The van der Waals surface area contributed by atoms with Gasteiger partial charge in [-0.2, -0.15) is 0 Å². The van der Waals surface area contributed by atoms with E-state index in [4.69, 9.17) is 4.74 Å². The Morgan fingerprint density at radius 2 is 2.32 bits per heavy atom. The number of ether oxygens (including phenoxy) is 1. The molecule has 0 aliphatic heterocycles. The van der Waals surface area contributed by atoms with E-state index >= 15 is 0 Å². The second-order valence-corrected chi connectivity index (χ2v) is 4.59. The third kappa shape index (κ3) is 3.12. The molecule has 2 heterocycles. The second-order valence-electron chi connectivity index (χ2n) is 4.59. The zero-order chi connectivity index (χ0) is 13.8. The molecule has 0 spiro atoms. The minimum Gasteiger partial charge on any atom is -0.407 e. The van der Waals surface area contributed by atoms with Crippen LogP contribution in [0.15, 0.2) is 18.5 Å². The summed E-state index contributed by atoms with van der Waals surface area (Å²) in [6, 6.07) is 1.88. The highest BCUT2D eigenvalue weighted by Gasteiger charge is 2.12. The monoisotopic (exact) mass is 261 g/mol. The molecule has 2 aromatic rings. The molecule has 0 saturated heterocycles. The largest absolute Gasteiger partial charge is 0.407 e. The van der Waals surface area contributed by atoms with Crippen molar-refractivity contribution in [3.05, 3.63) is 24.0 Å². The number of hydrogen-bond acceptors (Lipinski definition) is 4. The fraction of sp³-hybridized carbons (Fsp3) is 0.429. The summed E-state index contributed by atoms with van der Waals surface area (Å²) >= 11 is 0. The molecule has 0 aromatic carbocycles. The number of nitrogens with zero attached hydrogens (tertiary/aromatic N) is 2. The van der Waals surface area contributed by atoms with Gasteiger partial charge in [0.05, 0.1) is 10.9 Å². The van der Waals surface area contributed by atoms with Gasteiger partial charge in [0.1, 0.15) is 0 Å². The molecule has 0 saturated carbocycles. The molecule has 0 aliphatic carbocycles. The van der Waals surface area contributed by atoms with Crippen LogP contribution in [0.5, 0.6) is 5.88 Å². The van der Waals surface area contributed by atoms with Gasteiger partial charge in [-0.05, 0) is 31.6 Å². The molecular formula is C14H19N3O2. The summed E-state index contributed by atoms with van der Waals surface area (Å²) in [5, 5.41) is 0.905. The molecule has 0 bridgehead atoms. The van der Waals surface area contributed by atoms with E-state index in [2.05, 4.69) is 28.8 Å². The van der Waals surface area contributed by atoms with E-state index in [-0.39, 0.29) is 5.97 Å². The van der Waals surface area contributed by atoms with E-state index in [1.807, 2.05) is 12.3 Å². The highest BCUT2D eigenvalue weighted by molar-refractivity contribution is 5.89. The highest BCUT2D eigenvalue weighted by atomic mass is 16.5. The molecule has 0 atom stereocenters. The Hall–Kier alpha value is -1.88. The predicted octanol–water partition coefficient (Wildman–Crippen LogP) is 1.98. The van der Waals surface area contributed by atoms with Crippen LogP contribution in [0.1, 0.15) is 19.4 Å². The van der Waals surface area contributed by atoms with Crippen LogP contribution in [-0.2, 0) is 11.2 Å². The Balaban J connectivity index is 2.31. The molecular weight excluding hydrogens is 242 g/mol. The number of pyridine rings is 1. The normalized spacial score (nSPS) is 11.2. The molecule has 0 amide bonds. The summed E-state index contributed by atoms with van der Waals surface area (Å²) in [4.78, 5) is 20.7. The first-order chi connectivity index (χ1) is 9.11. The Kier molecular flexibility index (Phi) is 4.16. The van der Waals surface area contributed by atoms with Gasteiger partial charge in [0.2, 0.25) is 5.88 Å². The number of esters is 1. The molecule has 2 aromatic heterocycles. The van der Waals surface area contributed by atoms with Gasteiger partial charge in [0.15, 0.2) is 0 Å². The van der Waals surface area contributed by atoms with Crippen molar-refractivity contribution in [2.45, 2.75) is 20.3 Å². The smallest absolute Gasteiger partial charge is 0.309 e. The lowest BCUT2D eigenvalue weighted by atomic mass is 10.1. The maximum absolute atomic E-state index is 11.1. The van der Waals surface area contributed by atoms with Crippen LogP contribution in [0.2, 0.25) is 0 Å². The maximum Gasteiger partial charge on any atom is 0.309 e. The van der Waals surface area contributed by atoms with Crippen LogP contribution in [0.25, 0.3) is 10.9 Å². The number of fused-ring (bicyclic) bond motifs is 1. The predicted molar refractivity (Wildman–Crippen MR) is 74.3 cm³/mol. The number of likely N-dealkylation sites (N-methyl/N-ethyl adjacent to an activating group) is 1. The van der Waals surface area contributed by atoms with E-state index in [1.165, 1.54) is 6.92 Å².